The monoisotopic (exact) mass is 278 g/mol. The van der Waals surface area contributed by atoms with Gasteiger partial charge in [-0.2, -0.15) is 0 Å². The summed E-state index contributed by atoms with van der Waals surface area (Å²) in [5, 5.41) is 0. The van der Waals surface area contributed by atoms with Gasteiger partial charge >= 0.3 is 0 Å². The highest BCUT2D eigenvalue weighted by Gasteiger charge is 2.41. The average molecular weight is 278 g/mol. The van der Waals surface area contributed by atoms with Crippen LogP contribution >= 0.6 is 0 Å². The number of ether oxygens (including phenoxy) is 1. The SMILES string of the molecule is CC(=O)N1CCO[C@@]2(CCCN(Cc3ccoc3)C2)C1. The van der Waals surface area contributed by atoms with Crippen LogP contribution in [0.4, 0.5) is 0 Å². The molecule has 0 N–H and O–H groups in total. The Morgan fingerprint density at radius 2 is 2.30 bits per heavy atom. The number of carbonyl (C=O) groups is 1. The van der Waals surface area contributed by atoms with E-state index in [2.05, 4.69) is 4.90 Å². The zero-order valence-electron chi connectivity index (χ0n) is 12.0. The van der Waals surface area contributed by atoms with Gasteiger partial charge in [0, 0.05) is 32.1 Å². The lowest BCUT2D eigenvalue weighted by atomic mass is 9.90. The smallest absolute Gasteiger partial charge is 0.219 e. The molecule has 0 radical (unpaired) electrons. The molecule has 1 spiro atoms. The quantitative estimate of drug-likeness (QED) is 0.822. The number of rotatable bonds is 2. The zero-order valence-corrected chi connectivity index (χ0v) is 12.0. The van der Waals surface area contributed by atoms with Crippen molar-refractivity contribution in [1.82, 2.24) is 9.80 Å². The Hall–Kier alpha value is -1.33. The molecule has 1 atom stereocenters. The van der Waals surface area contributed by atoms with E-state index in [0.717, 1.165) is 45.6 Å². The van der Waals surface area contributed by atoms with Crippen molar-refractivity contribution in [2.24, 2.45) is 0 Å². The molecule has 20 heavy (non-hydrogen) atoms. The molecule has 0 bridgehead atoms. The Labute approximate surface area is 119 Å². The normalized spacial score (nSPS) is 27.9. The molecule has 1 aromatic heterocycles. The van der Waals surface area contributed by atoms with E-state index in [1.807, 2.05) is 11.0 Å². The van der Waals surface area contributed by atoms with E-state index < -0.39 is 0 Å². The Morgan fingerprint density at radius 3 is 3.05 bits per heavy atom. The van der Waals surface area contributed by atoms with Gasteiger partial charge in [0.2, 0.25) is 5.91 Å². The second kappa shape index (κ2) is 5.58. The average Bonchev–Trinajstić information content (AvgIpc) is 2.92. The molecule has 5 heteroatoms. The maximum atomic E-state index is 11.6. The fourth-order valence-corrected chi connectivity index (χ4v) is 3.33. The molecule has 2 aliphatic heterocycles. The van der Waals surface area contributed by atoms with Crippen LogP contribution in [0.2, 0.25) is 0 Å². The van der Waals surface area contributed by atoms with E-state index >= 15 is 0 Å². The van der Waals surface area contributed by atoms with Crippen molar-refractivity contribution in [2.75, 3.05) is 32.8 Å². The maximum absolute atomic E-state index is 11.6. The van der Waals surface area contributed by atoms with Gasteiger partial charge in [-0.05, 0) is 25.5 Å². The molecule has 110 valence electrons. The standard InChI is InChI=1S/C15H22N2O3/c1-13(18)17-6-8-20-15(12-17)4-2-5-16(11-15)9-14-3-7-19-10-14/h3,7,10H,2,4-6,8-9,11-12H2,1H3/t15-/m1/s1. The van der Waals surface area contributed by atoms with E-state index in [0.29, 0.717) is 6.61 Å². The summed E-state index contributed by atoms with van der Waals surface area (Å²) < 4.78 is 11.2. The highest BCUT2D eigenvalue weighted by Crippen LogP contribution is 2.29. The van der Waals surface area contributed by atoms with E-state index in [1.54, 1.807) is 19.5 Å². The summed E-state index contributed by atoms with van der Waals surface area (Å²) in [6.07, 6.45) is 5.66. The van der Waals surface area contributed by atoms with Crippen molar-refractivity contribution < 1.29 is 13.9 Å². The largest absolute Gasteiger partial charge is 0.472 e. The van der Waals surface area contributed by atoms with Gasteiger partial charge in [0.15, 0.2) is 0 Å². The first-order chi connectivity index (χ1) is 9.67. The van der Waals surface area contributed by atoms with Crippen LogP contribution in [0.15, 0.2) is 23.0 Å². The predicted octanol–water partition coefficient (Wildman–Crippen LogP) is 1.49. The zero-order chi connectivity index (χ0) is 14.0. The highest BCUT2D eigenvalue weighted by atomic mass is 16.5. The summed E-state index contributed by atoms with van der Waals surface area (Å²) in [4.78, 5) is 15.9. The van der Waals surface area contributed by atoms with E-state index in [1.165, 1.54) is 5.56 Å². The minimum Gasteiger partial charge on any atom is -0.472 e. The lowest BCUT2D eigenvalue weighted by Crippen LogP contribution is -2.60. The number of nitrogens with zero attached hydrogens (tertiary/aromatic N) is 2. The summed E-state index contributed by atoms with van der Waals surface area (Å²) in [6.45, 7) is 6.60. The van der Waals surface area contributed by atoms with Crippen LogP contribution in [0.3, 0.4) is 0 Å². The van der Waals surface area contributed by atoms with Crippen LogP contribution in [0.25, 0.3) is 0 Å². The second-order valence-electron chi connectivity index (χ2n) is 5.92. The van der Waals surface area contributed by atoms with Gasteiger partial charge in [-0.3, -0.25) is 9.69 Å². The van der Waals surface area contributed by atoms with Crippen molar-refractivity contribution in [2.45, 2.75) is 31.9 Å². The molecule has 2 fully saturated rings. The second-order valence-corrected chi connectivity index (χ2v) is 5.92. The number of amides is 1. The number of likely N-dealkylation sites (tertiary alicyclic amines) is 1. The fourth-order valence-electron chi connectivity index (χ4n) is 3.33. The van der Waals surface area contributed by atoms with Crippen LogP contribution in [0.5, 0.6) is 0 Å². The van der Waals surface area contributed by atoms with Crippen LogP contribution < -0.4 is 0 Å². The molecule has 3 heterocycles. The minimum absolute atomic E-state index is 0.152. The first-order valence-electron chi connectivity index (χ1n) is 7.30. The summed E-state index contributed by atoms with van der Waals surface area (Å²) in [6, 6.07) is 2.00. The highest BCUT2D eigenvalue weighted by molar-refractivity contribution is 5.73. The molecule has 0 aromatic carbocycles. The Morgan fingerprint density at radius 1 is 1.40 bits per heavy atom. The molecule has 5 nitrogen and oxygen atoms in total. The molecule has 1 amide bonds. The summed E-state index contributed by atoms with van der Waals surface area (Å²) in [5.74, 6) is 0.152. The third kappa shape index (κ3) is 2.88. The third-order valence-corrected chi connectivity index (χ3v) is 4.30. The van der Waals surface area contributed by atoms with Crippen molar-refractivity contribution in [3.05, 3.63) is 24.2 Å². The van der Waals surface area contributed by atoms with Crippen LogP contribution in [-0.2, 0) is 16.1 Å². The van der Waals surface area contributed by atoms with Gasteiger partial charge in [0.05, 0.1) is 31.3 Å². The lowest BCUT2D eigenvalue weighted by Gasteiger charge is -2.47. The molecule has 0 unspecified atom stereocenters. The first kappa shape index (κ1) is 13.6. The number of furan rings is 1. The third-order valence-electron chi connectivity index (χ3n) is 4.30. The molecular weight excluding hydrogens is 256 g/mol. The molecule has 0 saturated carbocycles. The van der Waals surface area contributed by atoms with Gasteiger partial charge in [-0.1, -0.05) is 0 Å². The van der Waals surface area contributed by atoms with Gasteiger partial charge in [0.25, 0.3) is 0 Å². The topological polar surface area (TPSA) is 45.9 Å². The van der Waals surface area contributed by atoms with Crippen LogP contribution in [-0.4, -0.2) is 54.1 Å². The fraction of sp³-hybridized carbons (Fsp3) is 0.667. The molecule has 0 aliphatic carbocycles. The number of carbonyl (C=O) groups excluding carboxylic acids is 1. The molecule has 1 aromatic rings. The summed E-state index contributed by atoms with van der Waals surface area (Å²) in [5.41, 5.74) is 1.02. The number of hydrogen-bond acceptors (Lipinski definition) is 4. The van der Waals surface area contributed by atoms with Crippen molar-refractivity contribution in [1.29, 1.82) is 0 Å². The molecule has 2 aliphatic rings. The number of hydrogen-bond donors (Lipinski definition) is 0. The van der Waals surface area contributed by atoms with Crippen LogP contribution in [0, 0.1) is 0 Å². The first-order valence-corrected chi connectivity index (χ1v) is 7.30. The van der Waals surface area contributed by atoms with Gasteiger partial charge in [-0.15, -0.1) is 0 Å². The van der Waals surface area contributed by atoms with E-state index in [-0.39, 0.29) is 11.5 Å². The molecule has 3 rings (SSSR count). The Balaban J connectivity index is 1.65. The number of morpholine rings is 1. The number of piperidine rings is 1. The van der Waals surface area contributed by atoms with Crippen LogP contribution in [0.1, 0.15) is 25.3 Å². The van der Waals surface area contributed by atoms with Gasteiger partial charge < -0.3 is 14.1 Å². The molecular formula is C15H22N2O3. The van der Waals surface area contributed by atoms with Gasteiger partial charge in [0.1, 0.15) is 0 Å². The van der Waals surface area contributed by atoms with Gasteiger partial charge in [-0.25, -0.2) is 0 Å². The Bertz CT molecular complexity index is 456. The van der Waals surface area contributed by atoms with E-state index in [4.69, 9.17) is 9.15 Å². The molecule has 2 saturated heterocycles. The van der Waals surface area contributed by atoms with Crippen molar-refractivity contribution in [3.63, 3.8) is 0 Å². The maximum Gasteiger partial charge on any atom is 0.219 e. The van der Waals surface area contributed by atoms with Crippen molar-refractivity contribution >= 4 is 5.91 Å². The predicted molar refractivity (Wildman–Crippen MR) is 74.2 cm³/mol. The summed E-state index contributed by atoms with van der Waals surface area (Å²) >= 11 is 0. The summed E-state index contributed by atoms with van der Waals surface area (Å²) in [7, 11) is 0. The lowest BCUT2D eigenvalue weighted by molar-refractivity contribution is -0.160. The van der Waals surface area contributed by atoms with E-state index in [9.17, 15) is 4.79 Å². The minimum atomic E-state index is -0.175. The Kier molecular flexibility index (Phi) is 3.81. The van der Waals surface area contributed by atoms with Crippen molar-refractivity contribution in [3.8, 4) is 0 Å².